The summed E-state index contributed by atoms with van der Waals surface area (Å²) in [5, 5.41) is 20.5. The summed E-state index contributed by atoms with van der Waals surface area (Å²) in [6.45, 7) is 0.0102. The van der Waals surface area contributed by atoms with Crippen LogP contribution in [0, 0.1) is 0 Å². The third kappa shape index (κ3) is 3.43. The van der Waals surface area contributed by atoms with Crippen LogP contribution >= 0.6 is 11.6 Å². The Labute approximate surface area is 96.7 Å². The van der Waals surface area contributed by atoms with Crippen molar-refractivity contribution < 1.29 is 19.8 Å². The first-order valence-corrected chi connectivity index (χ1v) is 4.87. The van der Waals surface area contributed by atoms with Crippen LogP contribution in [-0.4, -0.2) is 28.6 Å². The minimum absolute atomic E-state index is 0.0102. The number of nitrogens with one attached hydrogen (secondary N) is 1. The van der Waals surface area contributed by atoms with Crippen LogP contribution in [0.3, 0.4) is 0 Å². The summed E-state index contributed by atoms with van der Waals surface area (Å²) in [6.07, 6.45) is -0.167. The molecule has 0 saturated heterocycles. The molecule has 0 unspecified atom stereocenters. The lowest BCUT2D eigenvalue weighted by molar-refractivity contribution is -0.136. The van der Waals surface area contributed by atoms with E-state index in [2.05, 4.69) is 5.32 Å². The second-order valence-corrected chi connectivity index (χ2v) is 3.50. The Morgan fingerprint density at radius 3 is 2.62 bits per heavy atom. The van der Waals surface area contributed by atoms with Gasteiger partial charge in [0.1, 0.15) is 5.75 Å². The van der Waals surface area contributed by atoms with Gasteiger partial charge in [-0.25, -0.2) is 0 Å². The fraction of sp³-hybridized carbons (Fsp3) is 0.200. The van der Waals surface area contributed by atoms with Crippen LogP contribution < -0.4 is 5.32 Å². The molecule has 0 atom stereocenters. The molecule has 1 amide bonds. The summed E-state index contributed by atoms with van der Waals surface area (Å²) < 4.78 is 0. The highest BCUT2D eigenvalue weighted by molar-refractivity contribution is 6.30. The first-order chi connectivity index (χ1) is 7.50. The highest BCUT2D eigenvalue weighted by Gasteiger charge is 2.11. The first kappa shape index (κ1) is 12.3. The van der Waals surface area contributed by atoms with Crippen molar-refractivity contribution in [1.29, 1.82) is 0 Å². The lowest BCUT2D eigenvalue weighted by atomic mass is 10.2. The molecule has 0 aromatic heterocycles. The van der Waals surface area contributed by atoms with Gasteiger partial charge in [-0.3, -0.25) is 9.59 Å². The second kappa shape index (κ2) is 5.37. The van der Waals surface area contributed by atoms with Gasteiger partial charge in [0.15, 0.2) is 0 Å². The minimum atomic E-state index is -0.999. The summed E-state index contributed by atoms with van der Waals surface area (Å²) in [6, 6.07) is 4.08. The van der Waals surface area contributed by atoms with E-state index in [-0.39, 0.29) is 24.3 Å². The van der Waals surface area contributed by atoms with Crippen LogP contribution in [0.1, 0.15) is 16.8 Å². The van der Waals surface area contributed by atoms with Gasteiger partial charge in [0.2, 0.25) is 0 Å². The predicted octanol–water partition coefficient (Wildman–Crippen LogP) is 1.25. The number of phenolic OH excluding ortho intramolecular Hbond substituents is 1. The average Bonchev–Trinajstić information content (AvgIpc) is 2.16. The predicted molar refractivity (Wildman–Crippen MR) is 57.7 cm³/mol. The smallest absolute Gasteiger partial charge is 0.305 e. The van der Waals surface area contributed by atoms with Crippen molar-refractivity contribution >= 4 is 23.5 Å². The molecule has 1 aromatic rings. The van der Waals surface area contributed by atoms with E-state index < -0.39 is 11.9 Å². The third-order valence-electron chi connectivity index (χ3n) is 1.83. The van der Waals surface area contributed by atoms with Crippen LogP contribution in [0.15, 0.2) is 18.2 Å². The minimum Gasteiger partial charge on any atom is -0.507 e. The van der Waals surface area contributed by atoms with Crippen LogP contribution in [0.25, 0.3) is 0 Å². The number of carbonyl (C=O) groups is 2. The zero-order valence-electron chi connectivity index (χ0n) is 8.24. The van der Waals surface area contributed by atoms with E-state index in [1.807, 2.05) is 0 Å². The Kier molecular flexibility index (Phi) is 4.13. The monoisotopic (exact) mass is 243 g/mol. The number of hydrogen-bond acceptors (Lipinski definition) is 3. The Morgan fingerprint density at radius 2 is 2.06 bits per heavy atom. The number of carboxylic acids is 1. The highest BCUT2D eigenvalue weighted by Crippen LogP contribution is 2.21. The number of aromatic hydroxyl groups is 1. The maximum absolute atomic E-state index is 11.5. The standard InChI is InChI=1S/C10H10ClNO4/c11-6-1-2-7(8(13)5-6)10(16)12-4-3-9(14)15/h1-2,5,13H,3-4H2,(H,12,16)(H,14,15). The number of halogens is 1. The Hall–Kier alpha value is -1.75. The number of amides is 1. The van der Waals surface area contributed by atoms with Crippen molar-refractivity contribution in [2.75, 3.05) is 6.54 Å². The molecule has 0 aliphatic carbocycles. The molecule has 1 aromatic carbocycles. The number of aliphatic carboxylic acids is 1. The molecule has 0 bridgehead atoms. The SMILES string of the molecule is O=C(O)CCNC(=O)c1ccc(Cl)cc1O. The van der Waals surface area contributed by atoms with E-state index in [1.165, 1.54) is 18.2 Å². The summed E-state index contributed by atoms with van der Waals surface area (Å²) in [5.41, 5.74) is 0.0646. The van der Waals surface area contributed by atoms with Gasteiger partial charge in [-0.1, -0.05) is 11.6 Å². The Bertz CT molecular complexity index is 419. The van der Waals surface area contributed by atoms with E-state index in [1.54, 1.807) is 0 Å². The van der Waals surface area contributed by atoms with Gasteiger partial charge in [-0.15, -0.1) is 0 Å². The maximum atomic E-state index is 11.5. The fourth-order valence-electron chi connectivity index (χ4n) is 1.07. The lowest BCUT2D eigenvalue weighted by Gasteiger charge is -2.05. The van der Waals surface area contributed by atoms with Crippen molar-refractivity contribution in [3.05, 3.63) is 28.8 Å². The molecule has 86 valence electrons. The van der Waals surface area contributed by atoms with E-state index in [0.29, 0.717) is 5.02 Å². The molecular weight excluding hydrogens is 234 g/mol. The van der Waals surface area contributed by atoms with E-state index >= 15 is 0 Å². The van der Waals surface area contributed by atoms with Crippen molar-refractivity contribution in [2.24, 2.45) is 0 Å². The summed E-state index contributed by atoms with van der Waals surface area (Å²) in [4.78, 5) is 21.7. The fourth-order valence-corrected chi connectivity index (χ4v) is 1.24. The van der Waals surface area contributed by atoms with Crippen LogP contribution in [0.2, 0.25) is 5.02 Å². The van der Waals surface area contributed by atoms with Gasteiger partial charge in [0, 0.05) is 11.6 Å². The van der Waals surface area contributed by atoms with E-state index in [4.69, 9.17) is 16.7 Å². The van der Waals surface area contributed by atoms with Gasteiger partial charge >= 0.3 is 5.97 Å². The first-order valence-electron chi connectivity index (χ1n) is 4.49. The molecule has 0 spiro atoms. The molecule has 0 fully saturated rings. The van der Waals surface area contributed by atoms with Gasteiger partial charge in [-0.2, -0.15) is 0 Å². The summed E-state index contributed by atoms with van der Waals surface area (Å²) in [7, 11) is 0. The molecule has 0 radical (unpaired) electrons. The molecule has 5 nitrogen and oxygen atoms in total. The van der Waals surface area contributed by atoms with E-state index in [0.717, 1.165) is 0 Å². The number of hydrogen-bond donors (Lipinski definition) is 3. The normalized spacial score (nSPS) is 9.81. The van der Waals surface area contributed by atoms with Crippen molar-refractivity contribution in [1.82, 2.24) is 5.32 Å². The second-order valence-electron chi connectivity index (χ2n) is 3.06. The van der Waals surface area contributed by atoms with E-state index in [9.17, 15) is 14.7 Å². The van der Waals surface area contributed by atoms with Crippen LogP contribution in [0.5, 0.6) is 5.75 Å². The van der Waals surface area contributed by atoms with Gasteiger partial charge in [-0.05, 0) is 18.2 Å². The quantitative estimate of drug-likeness (QED) is 0.743. The summed E-state index contributed by atoms with van der Waals surface area (Å²) in [5.74, 6) is -1.77. The van der Waals surface area contributed by atoms with Gasteiger partial charge in [0.25, 0.3) is 5.91 Å². The number of rotatable bonds is 4. The molecule has 0 aliphatic heterocycles. The molecule has 6 heteroatoms. The average molecular weight is 244 g/mol. The topological polar surface area (TPSA) is 86.6 Å². The molecule has 3 N–H and O–H groups in total. The highest BCUT2D eigenvalue weighted by atomic mass is 35.5. The number of phenols is 1. The van der Waals surface area contributed by atoms with Gasteiger partial charge < -0.3 is 15.5 Å². The Balaban J connectivity index is 2.63. The molecule has 0 saturated carbocycles. The number of carbonyl (C=O) groups excluding carboxylic acids is 1. The molecule has 0 heterocycles. The third-order valence-corrected chi connectivity index (χ3v) is 2.06. The largest absolute Gasteiger partial charge is 0.507 e. The summed E-state index contributed by atoms with van der Waals surface area (Å²) >= 11 is 5.60. The molecule has 1 rings (SSSR count). The zero-order chi connectivity index (χ0) is 12.1. The lowest BCUT2D eigenvalue weighted by Crippen LogP contribution is -2.26. The molecule has 0 aliphatic rings. The van der Waals surface area contributed by atoms with Crippen molar-refractivity contribution in [2.45, 2.75) is 6.42 Å². The maximum Gasteiger partial charge on any atom is 0.305 e. The van der Waals surface area contributed by atoms with Crippen molar-refractivity contribution in [3.63, 3.8) is 0 Å². The zero-order valence-corrected chi connectivity index (χ0v) is 8.99. The number of carboxylic acid groups (broad SMARTS) is 1. The molecule has 16 heavy (non-hydrogen) atoms. The Morgan fingerprint density at radius 1 is 1.38 bits per heavy atom. The number of benzene rings is 1. The van der Waals surface area contributed by atoms with Crippen LogP contribution in [0.4, 0.5) is 0 Å². The van der Waals surface area contributed by atoms with Gasteiger partial charge in [0.05, 0.1) is 12.0 Å². The van der Waals surface area contributed by atoms with Crippen LogP contribution in [-0.2, 0) is 4.79 Å². The molecular formula is C10H10ClNO4. The van der Waals surface area contributed by atoms with Crippen molar-refractivity contribution in [3.8, 4) is 5.75 Å².